The summed E-state index contributed by atoms with van der Waals surface area (Å²) in [6.45, 7) is 3.27. The van der Waals surface area contributed by atoms with Crippen LogP contribution in [0.2, 0.25) is 0 Å². The van der Waals surface area contributed by atoms with E-state index in [-0.39, 0.29) is 11.9 Å². The molecule has 0 spiro atoms. The summed E-state index contributed by atoms with van der Waals surface area (Å²) in [5, 5.41) is 0. The Balaban J connectivity index is 1.95. The van der Waals surface area contributed by atoms with Crippen LogP contribution in [0, 0.1) is 17.7 Å². The first-order chi connectivity index (χ1) is 14.6. The van der Waals surface area contributed by atoms with Gasteiger partial charge in [-0.2, -0.15) is 4.72 Å². The van der Waals surface area contributed by atoms with E-state index >= 15 is 0 Å². The fourth-order valence-corrected chi connectivity index (χ4v) is 4.61. The maximum absolute atomic E-state index is 13.9. The van der Waals surface area contributed by atoms with Crippen molar-refractivity contribution in [2.45, 2.75) is 37.6 Å². The minimum Gasteiger partial charge on any atom is -0.469 e. The molecule has 2 rings (SSSR count). The van der Waals surface area contributed by atoms with Gasteiger partial charge in [0.25, 0.3) is 5.91 Å². The number of carbonyl (C=O) groups is 3. The second kappa shape index (κ2) is 10.7. The van der Waals surface area contributed by atoms with Crippen molar-refractivity contribution < 1.29 is 36.7 Å². The van der Waals surface area contributed by atoms with Gasteiger partial charge in [0.15, 0.2) is 6.61 Å². The highest BCUT2D eigenvalue weighted by atomic mass is 32.2. The quantitative estimate of drug-likeness (QED) is 0.579. The van der Waals surface area contributed by atoms with E-state index in [9.17, 15) is 27.2 Å². The Morgan fingerprint density at radius 1 is 1.19 bits per heavy atom. The first-order valence-electron chi connectivity index (χ1n) is 9.86. The standard InChI is InChI=1S/C20H27FN2O7S/c1-13(2)18(22-31(27,28)16-7-5-4-6-15(16)21)20(26)30-12-17(24)23-10-8-14(9-11-23)19(25)29-3/h4-7,13-14,18,22H,8-12H2,1-3H3/t18-/m0/s1. The zero-order chi connectivity index (χ0) is 23.2. The molecular weight excluding hydrogens is 431 g/mol. The van der Waals surface area contributed by atoms with Crippen LogP contribution in [0.3, 0.4) is 0 Å². The Hall–Kier alpha value is -2.53. The number of nitrogens with zero attached hydrogens (tertiary/aromatic N) is 1. The van der Waals surface area contributed by atoms with Gasteiger partial charge in [-0.3, -0.25) is 14.4 Å². The van der Waals surface area contributed by atoms with E-state index in [4.69, 9.17) is 9.47 Å². The molecule has 1 amide bonds. The Kier molecular flexibility index (Phi) is 8.52. The largest absolute Gasteiger partial charge is 0.469 e. The molecule has 0 aliphatic carbocycles. The molecule has 1 aromatic rings. The molecule has 0 saturated carbocycles. The minimum atomic E-state index is -4.32. The van der Waals surface area contributed by atoms with Gasteiger partial charge in [0.05, 0.1) is 13.0 Å². The second-order valence-corrected chi connectivity index (χ2v) is 9.24. The number of esters is 2. The summed E-state index contributed by atoms with van der Waals surface area (Å²) in [6.07, 6.45) is 0.896. The number of likely N-dealkylation sites (tertiary alicyclic amines) is 1. The lowest BCUT2D eigenvalue weighted by atomic mass is 9.97. The fourth-order valence-electron chi connectivity index (χ4n) is 3.19. The number of halogens is 1. The topological polar surface area (TPSA) is 119 Å². The van der Waals surface area contributed by atoms with Gasteiger partial charge in [0.1, 0.15) is 16.8 Å². The summed E-state index contributed by atoms with van der Waals surface area (Å²) in [6, 6.07) is 3.49. The van der Waals surface area contributed by atoms with Crippen molar-refractivity contribution in [1.82, 2.24) is 9.62 Å². The van der Waals surface area contributed by atoms with Crippen LogP contribution in [0.1, 0.15) is 26.7 Å². The highest BCUT2D eigenvalue weighted by Gasteiger charge is 2.32. The Morgan fingerprint density at radius 2 is 1.81 bits per heavy atom. The molecule has 0 bridgehead atoms. The molecular formula is C20H27FN2O7S. The van der Waals surface area contributed by atoms with Crippen LogP contribution in [0.15, 0.2) is 29.2 Å². The molecule has 1 heterocycles. The molecule has 172 valence electrons. The number of sulfonamides is 1. The molecule has 0 aromatic heterocycles. The van der Waals surface area contributed by atoms with Crippen molar-refractivity contribution >= 4 is 27.9 Å². The molecule has 31 heavy (non-hydrogen) atoms. The molecule has 1 aromatic carbocycles. The van der Waals surface area contributed by atoms with Gasteiger partial charge in [-0.25, -0.2) is 12.8 Å². The van der Waals surface area contributed by atoms with E-state index in [0.717, 1.165) is 12.1 Å². The van der Waals surface area contributed by atoms with Crippen molar-refractivity contribution in [1.29, 1.82) is 0 Å². The number of hydrogen-bond acceptors (Lipinski definition) is 7. The molecule has 9 nitrogen and oxygen atoms in total. The zero-order valence-electron chi connectivity index (χ0n) is 17.7. The van der Waals surface area contributed by atoms with Crippen molar-refractivity contribution in [3.8, 4) is 0 Å². The first kappa shape index (κ1) is 24.7. The number of hydrogen-bond donors (Lipinski definition) is 1. The molecule has 1 aliphatic heterocycles. The van der Waals surface area contributed by atoms with Crippen LogP contribution >= 0.6 is 0 Å². The van der Waals surface area contributed by atoms with E-state index in [1.807, 2.05) is 0 Å². The molecule has 1 aliphatic rings. The SMILES string of the molecule is COC(=O)C1CCN(C(=O)COC(=O)[C@@H](NS(=O)(=O)c2ccccc2F)C(C)C)CC1. The number of benzene rings is 1. The molecule has 1 N–H and O–H groups in total. The minimum absolute atomic E-state index is 0.269. The van der Waals surface area contributed by atoms with E-state index in [2.05, 4.69) is 4.72 Å². The van der Waals surface area contributed by atoms with Crippen LogP contribution in [-0.2, 0) is 33.9 Å². The molecule has 0 unspecified atom stereocenters. The van der Waals surface area contributed by atoms with Crippen LogP contribution < -0.4 is 4.72 Å². The predicted molar refractivity (Wildman–Crippen MR) is 108 cm³/mol. The number of rotatable bonds is 8. The van der Waals surface area contributed by atoms with Crippen molar-refractivity contribution in [3.05, 3.63) is 30.1 Å². The molecule has 1 saturated heterocycles. The third kappa shape index (κ3) is 6.47. The number of methoxy groups -OCH3 is 1. The number of piperidine rings is 1. The van der Waals surface area contributed by atoms with E-state index < -0.39 is 51.2 Å². The normalized spacial score (nSPS) is 16.1. The summed E-state index contributed by atoms with van der Waals surface area (Å²) in [4.78, 5) is 37.3. The Morgan fingerprint density at radius 3 is 2.35 bits per heavy atom. The highest BCUT2D eigenvalue weighted by molar-refractivity contribution is 7.89. The number of carbonyl (C=O) groups excluding carboxylic acids is 3. The van der Waals surface area contributed by atoms with Crippen molar-refractivity contribution in [2.24, 2.45) is 11.8 Å². The van der Waals surface area contributed by atoms with Crippen molar-refractivity contribution in [3.63, 3.8) is 0 Å². The van der Waals surface area contributed by atoms with E-state index in [0.29, 0.717) is 25.9 Å². The molecule has 1 atom stereocenters. The highest BCUT2D eigenvalue weighted by Crippen LogP contribution is 2.19. The number of nitrogens with one attached hydrogen (secondary N) is 1. The third-order valence-corrected chi connectivity index (χ3v) is 6.52. The second-order valence-electron chi connectivity index (χ2n) is 7.56. The predicted octanol–water partition coefficient (Wildman–Crippen LogP) is 1.08. The van der Waals surface area contributed by atoms with Crippen LogP contribution in [0.25, 0.3) is 0 Å². The summed E-state index contributed by atoms with van der Waals surface area (Å²) in [5.74, 6) is -3.43. The van der Waals surface area contributed by atoms with Gasteiger partial charge in [-0.15, -0.1) is 0 Å². The molecule has 0 radical (unpaired) electrons. The van der Waals surface area contributed by atoms with Gasteiger partial charge in [0.2, 0.25) is 10.0 Å². The lowest BCUT2D eigenvalue weighted by molar-refractivity contribution is -0.155. The zero-order valence-corrected chi connectivity index (χ0v) is 18.5. The van der Waals surface area contributed by atoms with Gasteiger partial charge in [0, 0.05) is 13.1 Å². The van der Waals surface area contributed by atoms with Gasteiger partial charge >= 0.3 is 11.9 Å². The maximum atomic E-state index is 13.9. The van der Waals surface area contributed by atoms with Gasteiger partial charge in [-0.1, -0.05) is 26.0 Å². The van der Waals surface area contributed by atoms with Crippen LogP contribution in [0.4, 0.5) is 4.39 Å². The first-order valence-corrected chi connectivity index (χ1v) is 11.3. The van der Waals surface area contributed by atoms with Crippen molar-refractivity contribution in [2.75, 3.05) is 26.8 Å². The lowest BCUT2D eigenvalue weighted by Gasteiger charge is -2.30. The Labute approximate surface area is 180 Å². The average molecular weight is 459 g/mol. The summed E-state index contributed by atoms with van der Waals surface area (Å²) < 4.78 is 50.8. The van der Waals surface area contributed by atoms with Gasteiger partial charge < -0.3 is 14.4 Å². The smallest absolute Gasteiger partial charge is 0.324 e. The summed E-state index contributed by atoms with van der Waals surface area (Å²) in [5.41, 5.74) is 0. The molecule has 1 fully saturated rings. The fraction of sp³-hybridized carbons (Fsp3) is 0.550. The summed E-state index contributed by atoms with van der Waals surface area (Å²) >= 11 is 0. The number of amides is 1. The molecule has 11 heteroatoms. The van der Waals surface area contributed by atoms with E-state index in [1.165, 1.54) is 24.1 Å². The maximum Gasteiger partial charge on any atom is 0.324 e. The lowest BCUT2D eigenvalue weighted by Crippen LogP contribution is -2.47. The third-order valence-electron chi connectivity index (χ3n) is 5.05. The van der Waals surface area contributed by atoms with E-state index in [1.54, 1.807) is 13.8 Å². The summed E-state index contributed by atoms with van der Waals surface area (Å²) in [7, 11) is -3.01. The van der Waals surface area contributed by atoms with Crippen LogP contribution in [0.5, 0.6) is 0 Å². The average Bonchev–Trinajstić information content (AvgIpc) is 2.75. The Bertz CT molecular complexity index is 912. The van der Waals surface area contributed by atoms with Gasteiger partial charge in [-0.05, 0) is 30.9 Å². The van der Waals surface area contributed by atoms with Crippen LogP contribution in [-0.4, -0.2) is 64.0 Å². The number of ether oxygens (including phenoxy) is 2. The monoisotopic (exact) mass is 458 g/mol.